The van der Waals surface area contributed by atoms with E-state index < -0.39 is 6.36 Å². The minimum Gasteiger partial charge on any atom is -0.406 e. The van der Waals surface area contributed by atoms with Gasteiger partial charge in [0.2, 0.25) is 0 Å². The average molecular weight is 355 g/mol. The van der Waals surface area contributed by atoms with Crippen LogP contribution < -0.4 is 4.74 Å². The van der Waals surface area contributed by atoms with E-state index in [1.165, 1.54) is 18.3 Å². The molecule has 0 radical (unpaired) electrons. The number of fused-ring (bicyclic) bond motifs is 3. The third-order valence-corrected chi connectivity index (χ3v) is 4.07. The van der Waals surface area contributed by atoms with Crippen LogP contribution in [0.5, 0.6) is 5.75 Å². The van der Waals surface area contributed by atoms with E-state index in [-0.39, 0.29) is 5.75 Å². The number of benzene rings is 3. The molecule has 1 aromatic heterocycles. The molecule has 0 saturated carbocycles. The van der Waals surface area contributed by atoms with Crippen LogP contribution in [0.25, 0.3) is 27.5 Å². The van der Waals surface area contributed by atoms with Crippen molar-refractivity contribution < 1.29 is 17.9 Å². The number of hydrogen-bond acceptors (Lipinski definition) is 3. The van der Waals surface area contributed by atoms with Crippen LogP contribution in [0.15, 0.2) is 60.9 Å². The Morgan fingerprint density at radius 2 is 1.77 bits per heavy atom. The molecule has 0 aliphatic carbocycles. The fourth-order valence-electron chi connectivity index (χ4n) is 2.93. The lowest BCUT2D eigenvalue weighted by Crippen LogP contribution is -2.17. The summed E-state index contributed by atoms with van der Waals surface area (Å²) in [6.07, 6.45) is -1.79. The summed E-state index contributed by atoms with van der Waals surface area (Å²) in [4.78, 5) is 4.46. The SMILES string of the molecule is N=Cc1ccc2c(ccc3c2ncn3-c2ccc(OC(F)(F)F)cc2)c1. The molecule has 3 aromatic carbocycles. The van der Waals surface area contributed by atoms with Crippen LogP contribution in [-0.4, -0.2) is 22.1 Å². The van der Waals surface area contributed by atoms with Crippen molar-refractivity contribution in [2.24, 2.45) is 0 Å². The minimum atomic E-state index is -4.71. The Morgan fingerprint density at radius 3 is 2.46 bits per heavy atom. The molecule has 0 spiro atoms. The molecule has 0 fully saturated rings. The normalized spacial score (nSPS) is 11.8. The van der Waals surface area contributed by atoms with Gasteiger partial charge >= 0.3 is 6.36 Å². The summed E-state index contributed by atoms with van der Waals surface area (Å²) in [5.41, 5.74) is 3.10. The van der Waals surface area contributed by atoms with Crippen LogP contribution in [0.4, 0.5) is 13.2 Å². The van der Waals surface area contributed by atoms with Crippen molar-refractivity contribution in [1.29, 1.82) is 5.41 Å². The van der Waals surface area contributed by atoms with E-state index in [4.69, 9.17) is 5.41 Å². The zero-order valence-electron chi connectivity index (χ0n) is 13.3. The Morgan fingerprint density at radius 1 is 1.00 bits per heavy atom. The molecule has 4 rings (SSSR count). The Labute approximate surface area is 146 Å². The molecule has 7 heteroatoms. The molecule has 0 atom stereocenters. The molecule has 0 unspecified atom stereocenters. The molecular formula is C19H12F3N3O. The first kappa shape index (κ1) is 16.1. The van der Waals surface area contributed by atoms with Gasteiger partial charge in [0.05, 0.1) is 11.0 Å². The highest BCUT2D eigenvalue weighted by Crippen LogP contribution is 2.28. The molecule has 1 heterocycles. The standard InChI is InChI=1S/C19H12F3N3O/c20-19(21,22)26-15-5-3-14(4-6-15)25-11-24-18-16-7-1-12(10-23)9-13(16)2-8-17(18)25/h1-11,23H. The van der Waals surface area contributed by atoms with Crippen LogP contribution in [0.2, 0.25) is 0 Å². The van der Waals surface area contributed by atoms with Crippen molar-refractivity contribution in [3.05, 3.63) is 66.5 Å². The highest BCUT2D eigenvalue weighted by atomic mass is 19.4. The molecule has 4 nitrogen and oxygen atoms in total. The van der Waals surface area contributed by atoms with Gasteiger partial charge in [-0.2, -0.15) is 0 Å². The number of nitrogens with zero attached hydrogens (tertiary/aromatic N) is 2. The molecular weight excluding hydrogens is 343 g/mol. The van der Waals surface area contributed by atoms with Gasteiger partial charge in [-0.15, -0.1) is 13.2 Å². The summed E-state index contributed by atoms with van der Waals surface area (Å²) in [7, 11) is 0. The van der Waals surface area contributed by atoms with Crippen LogP contribution >= 0.6 is 0 Å². The lowest BCUT2D eigenvalue weighted by atomic mass is 10.1. The summed E-state index contributed by atoms with van der Waals surface area (Å²) >= 11 is 0. The van der Waals surface area contributed by atoms with Crippen molar-refractivity contribution in [3.8, 4) is 11.4 Å². The van der Waals surface area contributed by atoms with Gasteiger partial charge in [-0.3, -0.25) is 4.57 Å². The van der Waals surface area contributed by atoms with E-state index in [1.54, 1.807) is 23.0 Å². The summed E-state index contributed by atoms with van der Waals surface area (Å²) < 4.78 is 42.5. The van der Waals surface area contributed by atoms with Crippen molar-refractivity contribution in [3.63, 3.8) is 0 Å². The minimum absolute atomic E-state index is 0.268. The Hall–Kier alpha value is -3.35. The largest absolute Gasteiger partial charge is 0.573 e. The summed E-state index contributed by atoms with van der Waals surface area (Å²) in [6.45, 7) is 0. The van der Waals surface area contributed by atoms with E-state index in [0.717, 1.165) is 27.4 Å². The van der Waals surface area contributed by atoms with Crippen LogP contribution in [0.3, 0.4) is 0 Å². The first-order valence-electron chi connectivity index (χ1n) is 7.71. The van der Waals surface area contributed by atoms with Gasteiger partial charge in [-0.1, -0.05) is 18.2 Å². The van der Waals surface area contributed by atoms with E-state index in [2.05, 4.69) is 9.72 Å². The number of alkyl halides is 3. The molecule has 0 aliphatic rings. The van der Waals surface area contributed by atoms with Gasteiger partial charge in [-0.05, 0) is 47.3 Å². The lowest BCUT2D eigenvalue weighted by molar-refractivity contribution is -0.274. The lowest BCUT2D eigenvalue weighted by Gasteiger charge is -2.10. The number of halogens is 3. The Kier molecular flexibility index (Phi) is 3.64. The molecule has 0 amide bonds. The molecule has 0 saturated heterocycles. The quantitative estimate of drug-likeness (QED) is 0.521. The molecule has 1 N–H and O–H groups in total. The van der Waals surface area contributed by atoms with Crippen LogP contribution in [0, 0.1) is 5.41 Å². The molecule has 0 aliphatic heterocycles. The summed E-state index contributed by atoms with van der Waals surface area (Å²) in [6, 6.07) is 15.1. The predicted octanol–water partition coefficient (Wildman–Crippen LogP) is 5.07. The second kappa shape index (κ2) is 5.87. The number of aromatic nitrogens is 2. The smallest absolute Gasteiger partial charge is 0.406 e. The molecule has 130 valence electrons. The second-order valence-electron chi connectivity index (χ2n) is 5.71. The first-order chi connectivity index (χ1) is 12.4. The van der Waals surface area contributed by atoms with Crippen molar-refractivity contribution in [1.82, 2.24) is 9.55 Å². The van der Waals surface area contributed by atoms with Gasteiger partial charge in [0, 0.05) is 17.3 Å². The zero-order chi connectivity index (χ0) is 18.3. The highest BCUT2D eigenvalue weighted by molar-refractivity contribution is 6.05. The van der Waals surface area contributed by atoms with Crippen LogP contribution in [-0.2, 0) is 0 Å². The van der Waals surface area contributed by atoms with Gasteiger partial charge in [0.1, 0.15) is 12.1 Å². The van der Waals surface area contributed by atoms with Crippen LogP contribution in [0.1, 0.15) is 5.56 Å². The topological polar surface area (TPSA) is 50.9 Å². The number of rotatable bonds is 3. The van der Waals surface area contributed by atoms with Gasteiger partial charge in [-0.25, -0.2) is 4.98 Å². The maximum Gasteiger partial charge on any atom is 0.573 e. The maximum atomic E-state index is 12.3. The summed E-state index contributed by atoms with van der Waals surface area (Å²) in [5, 5.41) is 9.26. The molecule has 26 heavy (non-hydrogen) atoms. The van der Waals surface area contributed by atoms with Gasteiger partial charge in [0.15, 0.2) is 0 Å². The fraction of sp³-hybridized carbons (Fsp3) is 0.0526. The molecule has 0 bridgehead atoms. The Balaban J connectivity index is 1.77. The van der Waals surface area contributed by atoms with Crippen molar-refractivity contribution in [2.45, 2.75) is 6.36 Å². The summed E-state index contributed by atoms with van der Waals surface area (Å²) in [5.74, 6) is -0.268. The third-order valence-electron chi connectivity index (χ3n) is 4.07. The fourth-order valence-corrected chi connectivity index (χ4v) is 2.93. The second-order valence-corrected chi connectivity index (χ2v) is 5.71. The van der Waals surface area contributed by atoms with Gasteiger partial charge in [0.25, 0.3) is 0 Å². The number of imidazole rings is 1. The van der Waals surface area contributed by atoms with Crippen molar-refractivity contribution in [2.75, 3.05) is 0 Å². The van der Waals surface area contributed by atoms with E-state index in [9.17, 15) is 13.2 Å². The predicted molar refractivity (Wildman–Crippen MR) is 93.1 cm³/mol. The number of nitrogens with one attached hydrogen (secondary N) is 1. The Bertz CT molecular complexity index is 1110. The zero-order valence-corrected chi connectivity index (χ0v) is 13.3. The number of hydrogen-bond donors (Lipinski definition) is 1. The van der Waals surface area contributed by atoms with E-state index >= 15 is 0 Å². The van der Waals surface area contributed by atoms with E-state index in [1.807, 2.05) is 30.3 Å². The average Bonchev–Trinajstić information content (AvgIpc) is 3.05. The number of ether oxygens (including phenoxy) is 1. The first-order valence-corrected chi connectivity index (χ1v) is 7.71. The monoisotopic (exact) mass is 355 g/mol. The van der Waals surface area contributed by atoms with E-state index in [0.29, 0.717) is 5.69 Å². The molecule has 4 aromatic rings. The third kappa shape index (κ3) is 2.88. The van der Waals surface area contributed by atoms with Gasteiger partial charge < -0.3 is 10.1 Å². The highest BCUT2D eigenvalue weighted by Gasteiger charge is 2.31. The maximum absolute atomic E-state index is 12.3. The van der Waals surface area contributed by atoms with Crippen molar-refractivity contribution >= 4 is 28.0 Å².